The molecule has 2 heterocycles. The van der Waals surface area contributed by atoms with Crippen molar-refractivity contribution in [3.8, 4) is 0 Å². The van der Waals surface area contributed by atoms with Crippen molar-refractivity contribution < 1.29 is 0 Å². The van der Waals surface area contributed by atoms with Gasteiger partial charge in [0.05, 0.1) is 10.0 Å². The van der Waals surface area contributed by atoms with Gasteiger partial charge in [0, 0.05) is 6.04 Å². The lowest BCUT2D eigenvalue weighted by molar-refractivity contribution is 0.132. The summed E-state index contributed by atoms with van der Waals surface area (Å²) in [7, 11) is 0. The quantitative estimate of drug-likeness (QED) is 0.858. The van der Waals surface area contributed by atoms with Gasteiger partial charge in [0.15, 0.2) is 0 Å². The zero-order chi connectivity index (χ0) is 11.8. The molecule has 3 atom stereocenters. The average molecular weight is 270 g/mol. The zero-order valence-electron chi connectivity index (χ0n) is 9.76. The molecule has 1 aromatic rings. The van der Waals surface area contributed by atoms with E-state index in [9.17, 15) is 0 Å². The maximum Gasteiger partial charge on any atom is 0.0595 e. The second kappa shape index (κ2) is 4.79. The summed E-state index contributed by atoms with van der Waals surface area (Å²) < 4.78 is 0. The van der Waals surface area contributed by atoms with Gasteiger partial charge >= 0.3 is 0 Å². The standard InChI is InChI=1S/C14H17Cl2N/c15-13-4-1-9(6-14(13)16)5-11-7-12-3-2-10(11)8-17-12/h1,4,6,10-12,17H,2-3,5,7-8H2. The van der Waals surface area contributed by atoms with Crippen molar-refractivity contribution in [2.45, 2.75) is 31.7 Å². The van der Waals surface area contributed by atoms with E-state index < -0.39 is 0 Å². The van der Waals surface area contributed by atoms with E-state index in [1.807, 2.05) is 12.1 Å². The van der Waals surface area contributed by atoms with Crippen LogP contribution in [0.1, 0.15) is 24.8 Å². The van der Waals surface area contributed by atoms with Crippen LogP contribution in [0.15, 0.2) is 18.2 Å². The van der Waals surface area contributed by atoms with Gasteiger partial charge in [-0.1, -0.05) is 29.3 Å². The number of hydrogen-bond acceptors (Lipinski definition) is 1. The Balaban J connectivity index is 1.72. The molecule has 92 valence electrons. The number of rotatable bonds is 2. The largest absolute Gasteiger partial charge is 0.314 e. The SMILES string of the molecule is Clc1ccc(CC2CC3CCC2CN3)cc1Cl. The van der Waals surface area contributed by atoms with E-state index in [0.717, 1.165) is 24.3 Å². The Bertz CT molecular complexity index is 411. The topological polar surface area (TPSA) is 12.0 Å². The zero-order valence-corrected chi connectivity index (χ0v) is 11.3. The molecule has 0 amide bonds. The highest BCUT2D eigenvalue weighted by Crippen LogP contribution is 2.36. The van der Waals surface area contributed by atoms with Gasteiger partial charge in [0.1, 0.15) is 0 Å². The molecule has 0 aromatic heterocycles. The summed E-state index contributed by atoms with van der Waals surface area (Å²) in [6.07, 6.45) is 5.23. The molecule has 4 rings (SSSR count). The Morgan fingerprint density at radius 3 is 2.65 bits per heavy atom. The molecule has 1 aliphatic carbocycles. The smallest absolute Gasteiger partial charge is 0.0595 e. The van der Waals surface area contributed by atoms with Gasteiger partial charge in [-0.2, -0.15) is 0 Å². The van der Waals surface area contributed by atoms with Crippen LogP contribution in [0.3, 0.4) is 0 Å². The van der Waals surface area contributed by atoms with E-state index in [2.05, 4.69) is 11.4 Å². The minimum Gasteiger partial charge on any atom is -0.314 e. The highest BCUT2D eigenvalue weighted by molar-refractivity contribution is 6.42. The molecule has 0 spiro atoms. The Labute approximate surface area is 112 Å². The highest BCUT2D eigenvalue weighted by atomic mass is 35.5. The van der Waals surface area contributed by atoms with Crippen molar-refractivity contribution in [3.05, 3.63) is 33.8 Å². The lowest BCUT2D eigenvalue weighted by atomic mass is 9.71. The maximum absolute atomic E-state index is 6.07. The average Bonchev–Trinajstić information content (AvgIpc) is 2.35. The number of halogens is 2. The summed E-state index contributed by atoms with van der Waals surface area (Å²) in [4.78, 5) is 0. The third kappa shape index (κ3) is 2.47. The minimum absolute atomic E-state index is 0.655. The number of benzene rings is 1. The van der Waals surface area contributed by atoms with E-state index in [4.69, 9.17) is 23.2 Å². The van der Waals surface area contributed by atoms with Gasteiger partial charge in [-0.3, -0.25) is 0 Å². The summed E-state index contributed by atoms with van der Waals surface area (Å²) in [5.41, 5.74) is 1.33. The van der Waals surface area contributed by atoms with E-state index >= 15 is 0 Å². The number of nitrogens with one attached hydrogen (secondary N) is 1. The molecule has 2 bridgehead atoms. The van der Waals surface area contributed by atoms with Crippen LogP contribution in [-0.4, -0.2) is 12.6 Å². The maximum atomic E-state index is 6.07. The summed E-state index contributed by atoms with van der Waals surface area (Å²) in [6, 6.07) is 6.81. The summed E-state index contributed by atoms with van der Waals surface area (Å²) >= 11 is 12.0. The van der Waals surface area contributed by atoms with Gasteiger partial charge in [0.25, 0.3) is 0 Å². The van der Waals surface area contributed by atoms with E-state index in [0.29, 0.717) is 10.0 Å². The van der Waals surface area contributed by atoms with Crippen LogP contribution in [0.25, 0.3) is 0 Å². The molecule has 3 unspecified atom stereocenters. The third-order valence-electron chi connectivity index (χ3n) is 4.29. The minimum atomic E-state index is 0.655. The Hall–Kier alpha value is -0.240. The molecular formula is C14H17Cl2N. The molecule has 0 radical (unpaired) electrons. The molecule has 3 aliphatic rings. The Morgan fingerprint density at radius 1 is 1.18 bits per heavy atom. The van der Waals surface area contributed by atoms with Gasteiger partial charge in [-0.15, -0.1) is 0 Å². The molecule has 1 N–H and O–H groups in total. The third-order valence-corrected chi connectivity index (χ3v) is 5.03. The second-order valence-corrected chi connectivity index (χ2v) is 6.21. The van der Waals surface area contributed by atoms with E-state index in [-0.39, 0.29) is 0 Å². The highest BCUT2D eigenvalue weighted by Gasteiger charge is 2.34. The number of hydrogen-bond donors (Lipinski definition) is 1. The van der Waals surface area contributed by atoms with Gasteiger partial charge in [-0.05, 0) is 61.8 Å². The van der Waals surface area contributed by atoms with Crippen LogP contribution in [0.5, 0.6) is 0 Å². The predicted octanol–water partition coefficient (Wildman–Crippen LogP) is 3.92. The Morgan fingerprint density at radius 2 is 2.06 bits per heavy atom. The first kappa shape index (κ1) is 11.8. The molecule has 1 nitrogen and oxygen atoms in total. The van der Waals surface area contributed by atoms with Crippen molar-refractivity contribution in [2.24, 2.45) is 11.8 Å². The number of fused-ring (bicyclic) bond motifs is 3. The van der Waals surface area contributed by atoms with Crippen molar-refractivity contribution in [1.82, 2.24) is 5.32 Å². The van der Waals surface area contributed by atoms with Crippen LogP contribution < -0.4 is 5.32 Å². The van der Waals surface area contributed by atoms with Crippen LogP contribution in [0.2, 0.25) is 10.0 Å². The van der Waals surface area contributed by atoms with Crippen LogP contribution in [0, 0.1) is 11.8 Å². The lowest BCUT2D eigenvalue weighted by Gasteiger charge is -2.43. The fourth-order valence-electron chi connectivity index (χ4n) is 3.32. The summed E-state index contributed by atoms with van der Waals surface area (Å²) in [6.45, 7) is 1.21. The summed E-state index contributed by atoms with van der Waals surface area (Å²) in [5, 5.41) is 4.95. The van der Waals surface area contributed by atoms with Gasteiger partial charge in [-0.25, -0.2) is 0 Å². The monoisotopic (exact) mass is 269 g/mol. The second-order valence-electron chi connectivity index (χ2n) is 5.39. The van der Waals surface area contributed by atoms with E-state index in [1.165, 1.54) is 31.4 Å². The first-order valence-corrected chi connectivity index (χ1v) is 7.15. The normalized spacial score (nSPS) is 31.8. The van der Waals surface area contributed by atoms with Crippen molar-refractivity contribution in [1.29, 1.82) is 0 Å². The molecule has 1 saturated carbocycles. The molecule has 2 aliphatic heterocycles. The van der Waals surface area contributed by atoms with Crippen molar-refractivity contribution in [2.75, 3.05) is 6.54 Å². The van der Waals surface area contributed by atoms with Crippen molar-refractivity contribution >= 4 is 23.2 Å². The van der Waals surface area contributed by atoms with Crippen LogP contribution in [-0.2, 0) is 6.42 Å². The first-order valence-electron chi connectivity index (χ1n) is 6.39. The molecule has 1 aromatic carbocycles. The van der Waals surface area contributed by atoms with Gasteiger partial charge in [0.2, 0.25) is 0 Å². The number of piperidine rings is 2. The van der Waals surface area contributed by atoms with Crippen molar-refractivity contribution in [3.63, 3.8) is 0 Å². The predicted molar refractivity (Wildman–Crippen MR) is 72.8 cm³/mol. The van der Waals surface area contributed by atoms with Crippen LogP contribution in [0.4, 0.5) is 0 Å². The summed E-state index contributed by atoms with van der Waals surface area (Å²) in [5.74, 6) is 1.68. The molecule has 2 saturated heterocycles. The molecule has 3 heteroatoms. The first-order chi connectivity index (χ1) is 8.22. The molecule has 17 heavy (non-hydrogen) atoms. The Kier molecular flexibility index (Phi) is 3.34. The molecular weight excluding hydrogens is 253 g/mol. The molecule has 3 fully saturated rings. The fourth-order valence-corrected chi connectivity index (χ4v) is 3.64. The lowest BCUT2D eigenvalue weighted by Crippen LogP contribution is -2.49. The van der Waals surface area contributed by atoms with Gasteiger partial charge < -0.3 is 5.32 Å². The van der Waals surface area contributed by atoms with E-state index in [1.54, 1.807) is 0 Å². The van der Waals surface area contributed by atoms with Crippen LogP contribution >= 0.6 is 23.2 Å². The fraction of sp³-hybridized carbons (Fsp3) is 0.571.